The van der Waals surface area contributed by atoms with Crippen molar-refractivity contribution in [3.63, 3.8) is 0 Å². The average Bonchev–Trinajstić information content (AvgIpc) is 3.13. The molecule has 2 atom stereocenters. The van der Waals surface area contributed by atoms with E-state index in [1.165, 1.54) is 6.20 Å². The number of rotatable bonds is 4. The molecule has 0 bridgehead atoms. The van der Waals surface area contributed by atoms with Gasteiger partial charge in [-0.1, -0.05) is 11.6 Å². The van der Waals surface area contributed by atoms with E-state index in [1.54, 1.807) is 29.2 Å². The number of anilines is 2. The predicted octanol–water partition coefficient (Wildman–Crippen LogP) is 2.50. The van der Waals surface area contributed by atoms with Crippen LogP contribution in [0.25, 0.3) is 11.0 Å². The fraction of sp³-hybridized carbons (Fsp3) is 0.263. The lowest BCUT2D eigenvalue weighted by Gasteiger charge is -2.14. The summed E-state index contributed by atoms with van der Waals surface area (Å²) in [4.78, 5) is 28.1. The second kappa shape index (κ2) is 7.14. The highest BCUT2D eigenvalue weighted by Gasteiger charge is 2.31. The Hall–Kier alpha value is -3.51. The minimum atomic E-state index is -0.489. The largest absolute Gasteiger partial charge is 0.444 e. The summed E-state index contributed by atoms with van der Waals surface area (Å²) >= 11 is 5.99. The average molecular weight is 413 g/mol. The molecule has 29 heavy (non-hydrogen) atoms. The number of fused-ring (bicyclic) bond motifs is 1. The third kappa shape index (κ3) is 3.28. The number of halogens is 1. The first-order valence-electron chi connectivity index (χ1n) is 8.87. The Kier molecular flexibility index (Phi) is 4.64. The molecule has 4 rings (SSSR count). The Bertz CT molecular complexity index is 1230. The first-order chi connectivity index (χ1) is 13.9. The van der Waals surface area contributed by atoms with Crippen LogP contribution >= 0.6 is 11.6 Å². The third-order valence-corrected chi connectivity index (χ3v) is 5.27. The van der Waals surface area contributed by atoms with E-state index in [1.807, 2.05) is 24.3 Å². The molecule has 0 saturated carbocycles. The Balaban J connectivity index is 1.74. The number of nitriles is 1. The number of cyclic esters (lactones) is 1. The number of aromatic nitrogens is 3. The number of aryl methyl sites for hydroxylation is 1. The number of carbonyl (C=O) groups excluding carboxylic acids is 1. The summed E-state index contributed by atoms with van der Waals surface area (Å²) in [6, 6.07) is 8.81. The summed E-state index contributed by atoms with van der Waals surface area (Å²) in [6.45, 7) is 2.05. The number of hydrogen-bond acceptors (Lipinski definition) is 6. The van der Waals surface area contributed by atoms with Crippen LogP contribution in [0, 0.1) is 11.3 Å². The molecule has 1 aromatic carbocycles. The molecule has 2 unspecified atom stereocenters. The molecule has 2 N–H and O–H groups in total. The van der Waals surface area contributed by atoms with E-state index < -0.39 is 6.09 Å². The van der Waals surface area contributed by atoms with Crippen LogP contribution in [0.4, 0.5) is 16.2 Å². The van der Waals surface area contributed by atoms with E-state index in [2.05, 4.69) is 15.6 Å². The molecule has 2 aromatic heterocycles. The SMILES string of the molecule is CC1OC(=O)NC1Cn1c(=O)n(C)c2ccc(Nc3ccnc(Cl)c3C#N)cc21. The monoisotopic (exact) mass is 412 g/mol. The number of benzene rings is 1. The molecule has 1 amide bonds. The van der Waals surface area contributed by atoms with Gasteiger partial charge in [-0.25, -0.2) is 14.6 Å². The number of pyridine rings is 1. The van der Waals surface area contributed by atoms with E-state index >= 15 is 0 Å². The molecule has 10 heteroatoms. The number of imidazole rings is 1. The molecule has 1 fully saturated rings. The number of amides is 1. The van der Waals surface area contributed by atoms with Gasteiger partial charge in [-0.15, -0.1) is 0 Å². The molecule has 0 aliphatic carbocycles. The van der Waals surface area contributed by atoms with E-state index in [0.29, 0.717) is 16.9 Å². The maximum Gasteiger partial charge on any atom is 0.407 e. The van der Waals surface area contributed by atoms with Gasteiger partial charge in [0.2, 0.25) is 0 Å². The van der Waals surface area contributed by atoms with Crippen molar-refractivity contribution in [1.82, 2.24) is 19.4 Å². The highest BCUT2D eigenvalue weighted by atomic mass is 35.5. The van der Waals surface area contributed by atoms with Crippen LogP contribution in [0.5, 0.6) is 0 Å². The molecule has 148 valence electrons. The van der Waals surface area contributed by atoms with Crippen LogP contribution in [0.3, 0.4) is 0 Å². The molecule has 3 aromatic rings. The van der Waals surface area contributed by atoms with Gasteiger partial charge in [0.15, 0.2) is 0 Å². The number of carbonyl (C=O) groups is 1. The number of hydrogen-bond donors (Lipinski definition) is 2. The van der Waals surface area contributed by atoms with Gasteiger partial charge >= 0.3 is 11.8 Å². The van der Waals surface area contributed by atoms with Gasteiger partial charge in [-0.05, 0) is 31.2 Å². The molecular formula is C19H17ClN6O3. The van der Waals surface area contributed by atoms with Crippen LogP contribution in [-0.4, -0.2) is 32.4 Å². The highest BCUT2D eigenvalue weighted by molar-refractivity contribution is 6.31. The molecule has 9 nitrogen and oxygen atoms in total. The molecule has 1 aliphatic rings. The van der Waals surface area contributed by atoms with Crippen LogP contribution < -0.4 is 16.3 Å². The van der Waals surface area contributed by atoms with Crippen molar-refractivity contribution in [3.05, 3.63) is 51.7 Å². The van der Waals surface area contributed by atoms with Gasteiger partial charge in [0.25, 0.3) is 0 Å². The molecule has 0 radical (unpaired) electrons. The predicted molar refractivity (Wildman–Crippen MR) is 107 cm³/mol. The standard InChI is InChI=1S/C19H17ClN6O3/c1-10-14(24-18(27)29-10)9-26-16-7-11(3-4-15(16)25(2)19(26)28)23-13-5-6-22-17(20)12(13)8-21/h3-7,10,14H,9H2,1-2H3,(H,22,23)(H,24,27). The van der Waals surface area contributed by atoms with Gasteiger partial charge in [0.05, 0.1) is 29.3 Å². The maximum atomic E-state index is 12.8. The fourth-order valence-electron chi connectivity index (χ4n) is 3.41. The van der Waals surface area contributed by atoms with Crippen molar-refractivity contribution in [2.75, 3.05) is 5.32 Å². The number of nitrogens with one attached hydrogen (secondary N) is 2. The number of alkyl carbamates (subject to hydrolysis) is 1. The van der Waals surface area contributed by atoms with Crippen LogP contribution in [0.1, 0.15) is 12.5 Å². The van der Waals surface area contributed by atoms with Gasteiger partial charge in [0, 0.05) is 18.9 Å². The molecule has 3 heterocycles. The smallest absolute Gasteiger partial charge is 0.407 e. The van der Waals surface area contributed by atoms with Crippen LogP contribution in [0.2, 0.25) is 5.15 Å². The summed E-state index contributed by atoms with van der Waals surface area (Å²) in [5.41, 5.74) is 2.66. The van der Waals surface area contributed by atoms with E-state index in [-0.39, 0.29) is 35.1 Å². The fourth-order valence-corrected chi connectivity index (χ4v) is 3.61. The molecule has 0 spiro atoms. The van der Waals surface area contributed by atoms with Gasteiger partial charge in [-0.3, -0.25) is 9.13 Å². The van der Waals surface area contributed by atoms with Crippen molar-refractivity contribution >= 4 is 40.1 Å². The summed E-state index contributed by atoms with van der Waals surface area (Å²) in [7, 11) is 1.69. The van der Waals surface area contributed by atoms with Crippen LogP contribution in [-0.2, 0) is 18.3 Å². The van der Waals surface area contributed by atoms with E-state index in [9.17, 15) is 14.9 Å². The lowest BCUT2D eigenvalue weighted by atomic mass is 10.2. The van der Waals surface area contributed by atoms with Gasteiger partial charge in [-0.2, -0.15) is 5.26 Å². The van der Waals surface area contributed by atoms with Gasteiger partial charge < -0.3 is 15.4 Å². The second-order valence-electron chi connectivity index (χ2n) is 6.78. The minimum Gasteiger partial charge on any atom is -0.444 e. The van der Waals surface area contributed by atoms with Crippen molar-refractivity contribution in [1.29, 1.82) is 5.26 Å². The van der Waals surface area contributed by atoms with E-state index in [0.717, 1.165) is 5.52 Å². The second-order valence-corrected chi connectivity index (χ2v) is 7.14. The maximum absolute atomic E-state index is 12.8. The van der Waals surface area contributed by atoms with Crippen molar-refractivity contribution < 1.29 is 9.53 Å². The summed E-state index contributed by atoms with van der Waals surface area (Å²) in [5.74, 6) is 0. The van der Waals surface area contributed by atoms with E-state index in [4.69, 9.17) is 16.3 Å². The number of ether oxygens (including phenoxy) is 1. The quantitative estimate of drug-likeness (QED) is 0.636. The van der Waals surface area contributed by atoms with Crippen LogP contribution in [0.15, 0.2) is 35.3 Å². The Morgan fingerprint density at radius 1 is 1.34 bits per heavy atom. The van der Waals surface area contributed by atoms with Crippen molar-refractivity contribution in [3.8, 4) is 6.07 Å². The topological polar surface area (TPSA) is 114 Å². The van der Waals surface area contributed by atoms with Gasteiger partial charge in [0.1, 0.15) is 22.9 Å². The van der Waals surface area contributed by atoms with Crippen molar-refractivity contribution in [2.24, 2.45) is 7.05 Å². The Morgan fingerprint density at radius 2 is 2.14 bits per heavy atom. The summed E-state index contributed by atoms with van der Waals surface area (Å²) in [5, 5.41) is 15.3. The lowest BCUT2D eigenvalue weighted by Crippen LogP contribution is -2.37. The molecule has 1 aliphatic heterocycles. The first kappa shape index (κ1) is 18.8. The summed E-state index contributed by atoms with van der Waals surface area (Å²) < 4.78 is 8.26. The number of nitrogens with zero attached hydrogens (tertiary/aromatic N) is 4. The lowest BCUT2D eigenvalue weighted by molar-refractivity contribution is 0.139. The molecular weight excluding hydrogens is 396 g/mol. The zero-order valence-electron chi connectivity index (χ0n) is 15.6. The minimum absolute atomic E-state index is 0.112. The third-order valence-electron chi connectivity index (χ3n) is 4.98. The summed E-state index contributed by atoms with van der Waals surface area (Å²) in [6.07, 6.45) is 0.673. The van der Waals surface area contributed by atoms with Crippen molar-refractivity contribution in [2.45, 2.75) is 25.6 Å². The molecule has 1 saturated heterocycles. The zero-order chi connectivity index (χ0) is 20.7. The first-order valence-corrected chi connectivity index (χ1v) is 9.25. The Labute approximate surface area is 170 Å². The zero-order valence-corrected chi connectivity index (χ0v) is 16.4. The highest BCUT2D eigenvalue weighted by Crippen LogP contribution is 2.27. The Morgan fingerprint density at radius 3 is 2.83 bits per heavy atom. The normalized spacial score (nSPS) is 18.3.